The second-order valence-corrected chi connectivity index (χ2v) is 13.7. The van der Waals surface area contributed by atoms with Crippen molar-refractivity contribution in [3.63, 3.8) is 0 Å². The van der Waals surface area contributed by atoms with Crippen molar-refractivity contribution in [3.8, 4) is 11.5 Å². The molecule has 3 aromatic carbocycles. The van der Waals surface area contributed by atoms with Crippen molar-refractivity contribution < 1.29 is 55.6 Å². The normalized spacial score (nSPS) is 18.4. The van der Waals surface area contributed by atoms with Gasteiger partial charge in [0, 0.05) is 18.0 Å². The topological polar surface area (TPSA) is 115 Å². The molecule has 2 atom stereocenters. The fourth-order valence-corrected chi connectivity index (χ4v) is 7.59. The van der Waals surface area contributed by atoms with E-state index in [4.69, 9.17) is 27.9 Å². The minimum Gasteiger partial charge on any atom is -0.619 e. The largest absolute Gasteiger partial charge is 0.619 e. The fourth-order valence-electron chi connectivity index (χ4n) is 6.99. The second-order valence-electron chi connectivity index (χ2n) is 12.8. The monoisotopic (exact) mass is 795 g/mol. The van der Waals surface area contributed by atoms with Crippen LogP contribution in [0.4, 0.5) is 32.4 Å². The van der Waals surface area contributed by atoms with Crippen LogP contribution >= 0.6 is 23.2 Å². The number of fused-ring (bicyclic) bond motifs is 3. The summed E-state index contributed by atoms with van der Waals surface area (Å²) in [4.78, 5) is 29.9. The average molecular weight is 797 g/mol. The number of benzene rings is 3. The molecule has 4 heterocycles. The molecular weight excluding hydrogens is 764 g/mol. The van der Waals surface area contributed by atoms with E-state index >= 15 is 4.39 Å². The zero-order valence-corrected chi connectivity index (χ0v) is 29.7. The lowest BCUT2D eigenvalue weighted by Gasteiger charge is -2.44. The van der Waals surface area contributed by atoms with E-state index < -0.39 is 54.6 Å². The molecule has 0 unspecified atom stereocenters. The number of nitrogens with zero attached hydrogens (tertiary/aromatic N) is 3. The number of carbonyl (C=O) groups is 2. The van der Waals surface area contributed by atoms with Crippen LogP contribution in [-0.4, -0.2) is 61.0 Å². The number of hydrogen-bond acceptors (Lipinski definition) is 7. The van der Waals surface area contributed by atoms with Crippen LogP contribution in [0.15, 0.2) is 73.1 Å². The summed E-state index contributed by atoms with van der Waals surface area (Å²) in [7, 11) is 0. The van der Waals surface area contributed by atoms with Gasteiger partial charge >= 0.3 is 25.3 Å². The molecule has 3 saturated heterocycles. The summed E-state index contributed by atoms with van der Waals surface area (Å²) in [6.07, 6.45) is 2.23. The number of piperidine rings is 3. The molecule has 17 heteroatoms. The van der Waals surface area contributed by atoms with Crippen LogP contribution in [0.3, 0.4) is 0 Å². The van der Waals surface area contributed by atoms with Gasteiger partial charge in [-0.2, -0.15) is 22.3 Å². The molecule has 0 aliphatic carbocycles. The lowest BCUT2D eigenvalue weighted by Crippen LogP contribution is -2.53. The van der Waals surface area contributed by atoms with Gasteiger partial charge in [0.25, 0.3) is 0 Å². The first-order valence-electron chi connectivity index (χ1n) is 16.7. The van der Waals surface area contributed by atoms with Gasteiger partial charge in [0.2, 0.25) is 0 Å². The Balaban J connectivity index is 1.45. The summed E-state index contributed by atoms with van der Waals surface area (Å²) in [5.41, 5.74) is 0.207. The first-order valence-corrected chi connectivity index (χ1v) is 17.4. The minimum absolute atomic E-state index is 0.0377. The number of halogens is 7. The maximum Gasteiger partial charge on any atom is 0.415 e. The number of amides is 1. The highest BCUT2D eigenvalue weighted by Crippen LogP contribution is 2.40. The first kappa shape index (κ1) is 38.9. The zero-order valence-electron chi connectivity index (χ0n) is 28.1. The van der Waals surface area contributed by atoms with E-state index in [-0.39, 0.29) is 56.9 Å². The van der Waals surface area contributed by atoms with Gasteiger partial charge in [0.15, 0.2) is 23.9 Å². The van der Waals surface area contributed by atoms with Crippen molar-refractivity contribution in [2.75, 3.05) is 24.5 Å². The van der Waals surface area contributed by atoms with E-state index in [2.05, 4.69) is 14.4 Å². The summed E-state index contributed by atoms with van der Waals surface area (Å²) in [5, 5.41) is 22.2. The van der Waals surface area contributed by atoms with Crippen LogP contribution in [0.5, 0.6) is 11.5 Å². The number of ether oxygens (including phenoxy) is 3. The number of pyridine rings is 1. The third-order valence-corrected chi connectivity index (χ3v) is 10.2. The van der Waals surface area contributed by atoms with E-state index in [1.54, 1.807) is 6.07 Å². The molecule has 0 saturated carbocycles. The Morgan fingerprint density at radius 2 is 1.61 bits per heavy atom. The van der Waals surface area contributed by atoms with Crippen molar-refractivity contribution in [1.29, 1.82) is 0 Å². The molecule has 1 N–H and O–H groups in total. The van der Waals surface area contributed by atoms with Gasteiger partial charge in [-0.15, -0.1) is 0 Å². The SMILES string of the molecule is O=C(O)c1ccc(CN(C(=O)O[C@H]2CN3CCC2CC3)c2ccccc2F)cc1[C@H](Cc1c(Cl)c[n+]([O-])cc1Cl)c1ccc(OC(F)F)c(OC(F)F)c1. The Kier molecular flexibility index (Phi) is 12.0. The van der Waals surface area contributed by atoms with Gasteiger partial charge in [-0.25, -0.2) is 14.0 Å². The van der Waals surface area contributed by atoms with Gasteiger partial charge in [0.05, 0.1) is 17.8 Å². The number of rotatable bonds is 13. The summed E-state index contributed by atoms with van der Waals surface area (Å²) in [6, 6.07) is 12.9. The molecule has 10 nitrogen and oxygen atoms in total. The van der Waals surface area contributed by atoms with Crippen LogP contribution in [0.2, 0.25) is 10.0 Å². The lowest BCUT2D eigenvalue weighted by atomic mass is 9.82. The number of carbonyl (C=O) groups excluding carboxylic acids is 1. The molecule has 3 aliphatic heterocycles. The van der Waals surface area contributed by atoms with Crippen LogP contribution < -0.4 is 19.1 Å². The highest BCUT2D eigenvalue weighted by Gasteiger charge is 2.38. The number of hydrogen-bond donors (Lipinski definition) is 1. The first-order chi connectivity index (χ1) is 25.8. The summed E-state index contributed by atoms with van der Waals surface area (Å²) in [6.45, 7) is -4.82. The molecule has 286 valence electrons. The fraction of sp³-hybridized carbons (Fsp3) is 0.324. The third-order valence-electron chi connectivity index (χ3n) is 9.54. The van der Waals surface area contributed by atoms with Gasteiger partial charge in [-0.05, 0) is 85.3 Å². The van der Waals surface area contributed by atoms with E-state index in [1.165, 1.54) is 42.5 Å². The molecule has 4 aromatic rings. The van der Waals surface area contributed by atoms with Crippen LogP contribution in [0.1, 0.15) is 51.4 Å². The Labute approximate surface area is 315 Å². The summed E-state index contributed by atoms with van der Waals surface area (Å²) >= 11 is 12.8. The molecule has 1 aromatic heterocycles. The van der Waals surface area contributed by atoms with E-state index in [0.29, 0.717) is 16.8 Å². The Morgan fingerprint density at radius 3 is 2.22 bits per heavy atom. The van der Waals surface area contributed by atoms with E-state index in [9.17, 15) is 37.5 Å². The van der Waals surface area contributed by atoms with Crippen molar-refractivity contribution in [2.24, 2.45) is 5.92 Å². The van der Waals surface area contributed by atoms with Crippen molar-refractivity contribution in [1.82, 2.24) is 4.90 Å². The molecule has 2 bridgehead atoms. The smallest absolute Gasteiger partial charge is 0.415 e. The molecule has 0 spiro atoms. The number of anilines is 1. The number of aromatic carboxylic acids is 1. The second kappa shape index (κ2) is 16.7. The van der Waals surface area contributed by atoms with E-state index in [0.717, 1.165) is 55.4 Å². The van der Waals surface area contributed by atoms with Gasteiger partial charge in [-0.1, -0.05) is 53.5 Å². The van der Waals surface area contributed by atoms with Crippen LogP contribution in [0, 0.1) is 16.9 Å². The maximum atomic E-state index is 15.3. The van der Waals surface area contributed by atoms with Crippen molar-refractivity contribution in [2.45, 2.75) is 51.1 Å². The summed E-state index contributed by atoms with van der Waals surface area (Å²) < 4.78 is 83.8. The highest BCUT2D eigenvalue weighted by atomic mass is 35.5. The van der Waals surface area contributed by atoms with Crippen LogP contribution in [-0.2, 0) is 17.7 Å². The van der Waals surface area contributed by atoms with Crippen molar-refractivity contribution >= 4 is 41.0 Å². The average Bonchev–Trinajstić information content (AvgIpc) is 3.11. The number of carboxylic acids is 1. The molecule has 3 aliphatic rings. The van der Waals surface area contributed by atoms with Gasteiger partial charge in [0.1, 0.15) is 22.0 Å². The quantitative estimate of drug-likeness (QED) is 0.0817. The van der Waals surface area contributed by atoms with Gasteiger partial charge < -0.3 is 24.5 Å². The third kappa shape index (κ3) is 8.91. The standard InChI is InChI=1S/C37H32Cl2F5N3O7/c38-27-17-46(51)18-28(39)26(27)15-24(22-6-8-31(52-35(41)42)32(14-22)53-36(43)44)25-13-20(5-7-23(25)34(48)49)16-47(30-4-2-1-3-29(30)40)37(50)54-33-19-45-11-9-21(33)10-12-45/h1-8,13-14,17-18,21,24,33,35-36H,9-12,15-16,19H2,(H,48,49)/t24-,33+/m1/s1. The minimum atomic E-state index is -3.45. The van der Waals surface area contributed by atoms with Crippen molar-refractivity contribution in [3.05, 3.63) is 122 Å². The predicted molar refractivity (Wildman–Crippen MR) is 186 cm³/mol. The molecule has 3 fully saturated rings. The Hall–Kier alpha value is -4.86. The van der Waals surface area contributed by atoms with Gasteiger partial charge in [-0.3, -0.25) is 9.80 Å². The number of alkyl halides is 4. The number of para-hydroxylation sites is 1. The predicted octanol–water partition coefficient (Wildman–Crippen LogP) is 8.28. The zero-order chi connectivity index (χ0) is 38.7. The van der Waals surface area contributed by atoms with E-state index in [1.807, 2.05) is 0 Å². The maximum absolute atomic E-state index is 15.3. The Morgan fingerprint density at radius 1 is 0.944 bits per heavy atom. The molecule has 0 radical (unpaired) electrons. The highest BCUT2D eigenvalue weighted by molar-refractivity contribution is 6.35. The molecule has 7 rings (SSSR count). The Bertz CT molecular complexity index is 2000. The summed E-state index contributed by atoms with van der Waals surface area (Å²) in [5.74, 6) is -4.61. The van der Waals surface area contributed by atoms with Crippen LogP contribution in [0.25, 0.3) is 0 Å². The number of carboxylic acid groups (broad SMARTS) is 1. The molecule has 54 heavy (non-hydrogen) atoms. The molecule has 1 amide bonds. The lowest BCUT2D eigenvalue weighted by molar-refractivity contribution is -0.605. The molecular formula is C37H32Cl2F5N3O7. The number of aromatic nitrogens is 1.